The molecule has 0 amide bonds. The summed E-state index contributed by atoms with van der Waals surface area (Å²) in [6.07, 6.45) is 2.57. The minimum Gasteiger partial charge on any atom is -0.437 e. The van der Waals surface area contributed by atoms with Crippen molar-refractivity contribution in [1.29, 1.82) is 5.26 Å². The van der Waals surface area contributed by atoms with Gasteiger partial charge in [0.05, 0.1) is 11.9 Å². The van der Waals surface area contributed by atoms with Crippen molar-refractivity contribution in [2.45, 2.75) is 4.90 Å². The molecule has 4 rings (SSSR count). The maximum absolute atomic E-state index is 12.7. The van der Waals surface area contributed by atoms with E-state index in [-0.39, 0.29) is 28.0 Å². The molecule has 0 unspecified atom stereocenters. The Kier molecular flexibility index (Phi) is 5.34. The number of benzene rings is 2. The molecule has 0 saturated carbocycles. The Balaban J connectivity index is 1.83. The lowest BCUT2D eigenvalue weighted by molar-refractivity contribution is 0.461. The van der Waals surface area contributed by atoms with Crippen molar-refractivity contribution >= 4 is 16.0 Å². The van der Waals surface area contributed by atoms with Crippen molar-refractivity contribution in [1.82, 2.24) is 19.7 Å². The Morgan fingerprint density at radius 1 is 1.03 bits per heavy atom. The highest BCUT2D eigenvalue weighted by Crippen LogP contribution is 2.32. The van der Waals surface area contributed by atoms with Gasteiger partial charge in [0.15, 0.2) is 0 Å². The van der Waals surface area contributed by atoms with Crippen LogP contribution in [0.15, 0.2) is 78.0 Å². The summed E-state index contributed by atoms with van der Waals surface area (Å²) in [7, 11) is -2.39. The van der Waals surface area contributed by atoms with E-state index in [0.29, 0.717) is 11.3 Å². The number of hydrogen-bond acceptors (Lipinski definition) is 7. The summed E-state index contributed by atoms with van der Waals surface area (Å²) in [5.74, 6) is 0.150. The number of nitrogens with one attached hydrogen (secondary N) is 1. The first-order valence-electron chi connectivity index (χ1n) is 9.08. The molecule has 0 aliphatic carbocycles. The second-order valence-electron chi connectivity index (χ2n) is 6.42. The number of nitriles is 1. The van der Waals surface area contributed by atoms with Gasteiger partial charge < -0.3 is 4.74 Å². The fourth-order valence-corrected chi connectivity index (χ4v) is 3.71. The third-order valence-corrected chi connectivity index (χ3v) is 5.49. The fraction of sp³-hybridized carbons (Fsp3) is 0.0476. The zero-order chi connectivity index (χ0) is 21.8. The minimum atomic E-state index is -4.00. The van der Waals surface area contributed by atoms with Crippen LogP contribution in [0.2, 0.25) is 0 Å². The van der Waals surface area contributed by atoms with Gasteiger partial charge in [0.25, 0.3) is 10.0 Å². The molecule has 10 heteroatoms. The van der Waals surface area contributed by atoms with E-state index in [1.807, 2.05) is 12.1 Å². The third kappa shape index (κ3) is 4.36. The van der Waals surface area contributed by atoms with Crippen LogP contribution in [-0.4, -0.2) is 28.2 Å². The van der Waals surface area contributed by atoms with E-state index in [1.165, 1.54) is 17.1 Å². The highest BCUT2D eigenvalue weighted by molar-refractivity contribution is 7.92. The Bertz CT molecular complexity index is 1360. The predicted molar refractivity (Wildman–Crippen MR) is 113 cm³/mol. The Hall–Kier alpha value is -4.23. The van der Waals surface area contributed by atoms with Crippen LogP contribution in [0.5, 0.6) is 11.6 Å². The maximum Gasteiger partial charge on any atom is 0.267 e. The van der Waals surface area contributed by atoms with Crippen LogP contribution in [0.3, 0.4) is 0 Å². The summed E-state index contributed by atoms with van der Waals surface area (Å²) in [5, 5.41) is 13.7. The minimum absolute atomic E-state index is 0.0465. The molecule has 0 radical (unpaired) electrons. The van der Waals surface area contributed by atoms with E-state index in [0.717, 1.165) is 0 Å². The molecule has 0 spiro atoms. The number of sulfonamides is 1. The van der Waals surface area contributed by atoms with E-state index in [1.54, 1.807) is 55.6 Å². The largest absolute Gasteiger partial charge is 0.437 e. The van der Waals surface area contributed by atoms with Crippen LogP contribution in [0, 0.1) is 11.3 Å². The summed E-state index contributed by atoms with van der Waals surface area (Å²) in [5.41, 5.74) is 0.938. The van der Waals surface area contributed by atoms with Gasteiger partial charge in [-0.3, -0.25) is 4.68 Å². The Labute approximate surface area is 178 Å². The zero-order valence-electron chi connectivity index (χ0n) is 16.3. The average molecular weight is 432 g/mol. The monoisotopic (exact) mass is 432 g/mol. The summed E-state index contributed by atoms with van der Waals surface area (Å²) in [6.45, 7) is 0. The molecule has 9 nitrogen and oxygen atoms in total. The Morgan fingerprint density at radius 2 is 1.71 bits per heavy atom. The highest BCUT2D eigenvalue weighted by Gasteiger charge is 2.22. The molecule has 2 heterocycles. The lowest BCUT2D eigenvalue weighted by Crippen LogP contribution is -2.15. The second kappa shape index (κ2) is 8.25. The first-order valence-corrected chi connectivity index (χ1v) is 10.6. The number of nitrogens with zero attached hydrogens (tertiary/aromatic N) is 5. The van der Waals surface area contributed by atoms with E-state index >= 15 is 0 Å². The van der Waals surface area contributed by atoms with Gasteiger partial charge in [-0.2, -0.15) is 15.3 Å². The standard InChI is InChI=1S/C21H16N6O3S/c1-27-14-17(13-23-27)31(28,29)26-21-24-19(15-8-4-2-5-9-15)18(12-22)20(25-21)30-16-10-6-3-7-11-16/h2-11,13-14H,1H3,(H,24,25,26). The SMILES string of the molecule is Cn1cc(S(=O)(=O)Nc2nc(Oc3ccccc3)c(C#N)c(-c3ccccc3)n2)cn1. The number of rotatable bonds is 6. The van der Waals surface area contributed by atoms with E-state index in [9.17, 15) is 13.7 Å². The molecule has 0 atom stereocenters. The van der Waals surface area contributed by atoms with Crippen molar-refractivity contribution in [2.24, 2.45) is 7.05 Å². The van der Waals surface area contributed by atoms with Crippen LogP contribution < -0.4 is 9.46 Å². The van der Waals surface area contributed by atoms with Gasteiger partial charge in [0.1, 0.15) is 22.3 Å². The number of aryl methyl sites for hydroxylation is 1. The Morgan fingerprint density at radius 3 is 2.32 bits per heavy atom. The van der Waals surface area contributed by atoms with E-state index in [2.05, 4.69) is 25.9 Å². The quantitative estimate of drug-likeness (QED) is 0.496. The molecule has 154 valence electrons. The van der Waals surface area contributed by atoms with Gasteiger partial charge in [0, 0.05) is 18.8 Å². The molecule has 0 saturated heterocycles. The molecule has 1 N–H and O–H groups in total. The first-order chi connectivity index (χ1) is 15.0. The van der Waals surface area contributed by atoms with E-state index < -0.39 is 10.0 Å². The van der Waals surface area contributed by atoms with Crippen molar-refractivity contribution in [2.75, 3.05) is 4.72 Å². The topological polar surface area (TPSA) is 123 Å². The highest BCUT2D eigenvalue weighted by atomic mass is 32.2. The average Bonchev–Trinajstić information content (AvgIpc) is 3.22. The smallest absolute Gasteiger partial charge is 0.267 e. The van der Waals surface area contributed by atoms with Gasteiger partial charge in [-0.25, -0.2) is 18.1 Å². The maximum atomic E-state index is 12.7. The van der Waals surface area contributed by atoms with Crippen LogP contribution in [-0.2, 0) is 17.1 Å². The number of ether oxygens (including phenoxy) is 1. The normalized spacial score (nSPS) is 11.0. The number of aromatic nitrogens is 4. The molecule has 0 fully saturated rings. The van der Waals surface area contributed by atoms with Crippen molar-refractivity contribution in [3.63, 3.8) is 0 Å². The molecule has 31 heavy (non-hydrogen) atoms. The summed E-state index contributed by atoms with van der Waals surface area (Å²) < 4.78 is 35.0. The number of anilines is 1. The van der Waals surface area contributed by atoms with Crippen LogP contribution in [0.25, 0.3) is 11.3 Å². The first kappa shape index (κ1) is 20.1. The van der Waals surface area contributed by atoms with Crippen molar-refractivity contribution < 1.29 is 13.2 Å². The van der Waals surface area contributed by atoms with Crippen LogP contribution >= 0.6 is 0 Å². The van der Waals surface area contributed by atoms with Crippen LogP contribution in [0.4, 0.5) is 5.95 Å². The molecule has 0 aliphatic heterocycles. The van der Waals surface area contributed by atoms with Gasteiger partial charge in [0.2, 0.25) is 11.8 Å². The van der Waals surface area contributed by atoms with Crippen LogP contribution in [0.1, 0.15) is 5.56 Å². The molecular weight excluding hydrogens is 416 g/mol. The molecule has 2 aromatic carbocycles. The molecular formula is C21H16N6O3S. The summed E-state index contributed by atoms with van der Waals surface area (Å²) >= 11 is 0. The van der Waals surface area contributed by atoms with Crippen molar-refractivity contribution in [3.8, 4) is 29.0 Å². The molecule has 2 aromatic heterocycles. The second-order valence-corrected chi connectivity index (χ2v) is 8.11. The van der Waals surface area contributed by atoms with E-state index in [4.69, 9.17) is 4.74 Å². The lowest BCUT2D eigenvalue weighted by atomic mass is 10.1. The third-order valence-electron chi connectivity index (χ3n) is 4.21. The van der Waals surface area contributed by atoms with Gasteiger partial charge in [-0.1, -0.05) is 48.5 Å². The fourth-order valence-electron chi connectivity index (χ4n) is 2.78. The summed E-state index contributed by atoms with van der Waals surface area (Å²) in [6, 6.07) is 19.7. The lowest BCUT2D eigenvalue weighted by Gasteiger charge is -2.13. The summed E-state index contributed by atoms with van der Waals surface area (Å²) in [4.78, 5) is 8.43. The molecule has 4 aromatic rings. The van der Waals surface area contributed by atoms with Gasteiger partial charge in [-0.05, 0) is 12.1 Å². The van der Waals surface area contributed by atoms with Gasteiger partial charge >= 0.3 is 0 Å². The molecule has 0 aliphatic rings. The van der Waals surface area contributed by atoms with Gasteiger partial charge in [-0.15, -0.1) is 0 Å². The van der Waals surface area contributed by atoms with Crippen molar-refractivity contribution in [3.05, 3.63) is 78.6 Å². The predicted octanol–water partition coefficient (Wildman–Crippen LogP) is 3.34. The number of para-hydroxylation sites is 1. The molecule has 0 bridgehead atoms. The number of hydrogen-bond donors (Lipinski definition) is 1. The zero-order valence-corrected chi connectivity index (χ0v) is 17.1.